The van der Waals surface area contributed by atoms with Gasteiger partial charge >= 0.3 is 6.18 Å². The zero-order chi connectivity index (χ0) is 24.4. The second kappa shape index (κ2) is 7.79. The van der Waals surface area contributed by atoms with Crippen LogP contribution < -0.4 is 5.56 Å². The summed E-state index contributed by atoms with van der Waals surface area (Å²) in [5, 5.41) is 8.10. The normalized spacial score (nSPS) is 18.3. The molecule has 6 rings (SSSR count). The van der Waals surface area contributed by atoms with Crippen LogP contribution in [0.15, 0.2) is 47.7 Å². The van der Waals surface area contributed by atoms with Crippen LogP contribution in [0.4, 0.5) is 13.2 Å². The van der Waals surface area contributed by atoms with E-state index in [1.807, 2.05) is 17.7 Å². The van der Waals surface area contributed by atoms with Gasteiger partial charge in [0.1, 0.15) is 17.7 Å². The number of aromatic nitrogens is 5. The third-order valence-corrected chi connectivity index (χ3v) is 7.02. The first-order valence-electron chi connectivity index (χ1n) is 11.3. The zero-order valence-corrected chi connectivity index (χ0v) is 18.8. The molecule has 1 saturated carbocycles. The van der Waals surface area contributed by atoms with Gasteiger partial charge in [0.05, 0.1) is 29.9 Å². The molecule has 11 heteroatoms. The highest BCUT2D eigenvalue weighted by atomic mass is 19.4. The van der Waals surface area contributed by atoms with E-state index in [-0.39, 0.29) is 16.6 Å². The maximum absolute atomic E-state index is 14.1. The Balaban J connectivity index is 1.52. The first-order chi connectivity index (χ1) is 16.8. The predicted octanol–water partition coefficient (Wildman–Crippen LogP) is 3.98. The Morgan fingerprint density at radius 2 is 1.94 bits per heavy atom. The number of nitrogens with zero attached hydrogens (tertiary/aromatic N) is 4. The predicted molar refractivity (Wildman–Crippen MR) is 119 cm³/mol. The van der Waals surface area contributed by atoms with Crippen LogP contribution in [0.1, 0.15) is 48.2 Å². The average Bonchev–Trinajstić information content (AvgIpc) is 3.54. The monoisotopic (exact) mass is 485 g/mol. The lowest BCUT2D eigenvalue weighted by molar-refractivity contribution is -0.136. The van der Waals surface area contributed by atoms with Crippen molar-refractivity contribution in [3.05, 3.63) is 75.9 Å². The van der Waals surface area contributed by atoms with Gasteiger partial charge in [0.15, 0.2) is 6.29 Å². The molecule has 0 unspecified atom stereocenters. The molecule has 0 spiro atoms. The lowest BCUT2D eigenvalue weighted by atomic mass is 9.63. The van der Waals surface area contributed by atoms with Crippen LogP contribution in [-0.2, 0) is 28.1 Å². The molecule has 4 aromatic rings. The fraction of sp³-hybridized carbons (Fsp3) is 0.375. The van der Waals surface area contributed by atoms with Gasteiger partial charge in [-0.15, -0.1) is 10.2 Å². The highest BCUT2D eigenvalue weighted by Gasteiger charge is 2.44. The van der Waals surface area contributed by atoms with Crippen molar-refractivity contribution in [2.75, 3.05) is 13.2 Å². The van der Waals surface area contributed by atoms with Gasteiger partial charge in [0.2, 0.25) is 0 Å². The van der Waals surface area contributed by atoms with Gasteiger partial charge in [-0.2, -0.15) is 13.2 Å². The van der Waals surface area contributed by atoms with E-state index in [4.69, 9.17) is 9.47 Å². The summed E-state index contributed by atoms with van der Waals surface area (Å²) in [4.78, 5) is 16.2. The molecule has 182 valence electrons. The summed E-state index contributed by atoms with van der Waals surface area (Å²) in [6, 6.07) is 8.37. The van der Waals surface area contributed by atoms with E-state index in [9.17, 15) is 18.0 Å². The van der Waals surface area contributed by atoms with Crippen LogP contribution in [0.2, 0.25) is 0 Å². The van der Waals surface area contributed by atoms with Gasteiger partial charge in [0.25, 0.3) is 5.56 Å². The molecule has 1 aliphatic carbocycles. The fourth-order valence-corrected chi connectivity index (χ4v) is 5.16. The van der Waals surface area contributed by atoms with Crippen LogP contribution in [0, 0.1) is 0 Å². The van der Waals surface area contributed by atoms with E-state index in [2.05, 4.69) is 15.2 Å². The standard InChI is InChI=1S/C24H22F3N5O3/c1-31-13-28-30-22(31)23(6-3-7-23)14-4-2-5-15(10-14)32-12-17(24(25,26)27)16-11-18(21-34-8-9-35-21)29-19(16)20(32)33/h2,4-5,10-13,21,29H,3,6-9H2,1H3. The largest absolute Gasteiger partial charge is 0.418 e. The number of aromatic amines is 1. The van der Waals surface area contributed by atoms with Crippen molar-refractivity contribution in [3.8, 4) is 5.69 Å². The molecule has 1 saturated heterocycles. The molecule has 35 heavy (non-hydrogen) atoms. The van der Waals surface area contributed by atoms with Crippen molar-refractivity contribution in [1.82, 2.24) is 24.3 Å². The number of halogens is 3. The fourth-order valence-electron chi connectivity index (χ4n) is 5.16. The molecule has 0 radical (unpaired) electrons. The molecule has 0 atom stereocenters. The number of hydrogen-bond acceptors (Lipinski definition) is 5. The Morgan fingerprint density at radius 1 is 1.17 bits per heavy atom. The van der Waals surface area contributed by atoms with E-state index in [1.54, 1.807) is 24.5 Å². The Morgan fingerprint density at radius 3 is 2.57 bits per heavy atom. The van der Waals surface area contributed by atoms with Crippen LogP contribution in [-0.4, -0.2) is 37.5 Å². The lowest BCUT2D eigenvalue weighted by Gasteiger charge is -2.41. The van der Waals surface area contributed by atoms with Crippen molar-refractivity contribution in [3.63, 3.8) is 0 Å². The number of alkyl halides is 3. The van der Waals surface area contributed by atoms with Crippen molar-refractivity contribution < 1.29 is 22.6 Å². The molecule has 2 fully saturated rings. The summed E-state index contributed by atoms with van der Waals surface area (Å²) in [6.07, 6.45) is -0.322. The maximum atomic E-state index is 14.1. The van der Waals surface area contributed by atoms with Crippen LogP contribution in [0.25, 0.3) is 16.6 Å². The topological polar surface area (TPSA) is 87.0 Å². The molecule has 2 aliphatic rings. The zero-order valence-electron chi connectivity index (χ0n) is 18.8. The molecule has 3 aromatic heterocycles. The molecule has 4 heterocycles. The summed E-state index contributed by atoms with van der Waals surface area (Å²) in [6.45, 7) is 0.660. The van der Waals surface area contributed by atoms with Gasteiger partial charge < -0.3 is 19.0 Å². The molecule has 1 aliphatic heterocycles. The van der Waals surface area contributed by atoms with Crippen molar-refractivity contribution >= 4 is 10.9 Å². The van der Waals surface area contributed by atoms with Gasteiger partial charge in [-0.3, -0.25) is 9.36 Å². The summed E-state index contributed by atoms with van der Waals surface area (Å²) < 4.78 is 56.0. The molecular weight excluding hydrogens is 463 g/mol. The van der Waals surface area contributed by atoms with Gasteiger partial charge in [-0.25, -0.2) is 0 Å². The number of benzene rings is 1. The second-order valence-corrected chi connectivity index (χ2v) is 9.05. The number of aryl methyl sites for hydroxylation is 1. The Labute approximate surface area is 197 Å². The van der Waals surface area contributed by atoms with Crippen LogP contribution in [0.5, 0.6) is 0 Å². The summed E-state index contributed by atoms with van der Waals surface area (Å²) in [5.74, 6) is 0.797. The Hall–Kier alpha value is -3.44. The first kappa shape index (κ1) is 22.1. The van der Waals surface area contributed by atoms with E-state index in [0.29, 0.717) is 18.9 Å². The van der Waals surface area contributed by atoms with Crippen LogP contribution >= 0.6 is 0 Å². The smallest absolute Gasteiger partial charge is 0.350 e. The highest BCUT2D eigenvalue weighted by molar-refractivity contribution is 5.84. The molecule has 1 aromatic carbocycles. The molecule has 0 amide bonds. The number of hydrogen-bond donors (Lipinski definition) is 1. The highest BCUT2D eigenvalue weighted by Crippen LogP contribution is 2.48. The number of fused-ring (bicyclic) bond motifs is 1. The Kier molecular flexibility index (Phi) is 4.91. The van der Waals surface area contributed by atoms with Gasteiger partial charge in [0, 0.05) is 24.3 Å². The number of nitrogens with one attached hydrogen (secondary N) is 1. The number of ether oxygens (including phenoxy) is 2. The minimum Gasteiger partial charge on any atom is -0.350 e. The maximum Gasteiger partial charge on any atom is 0.418 e. The van der Waals surface area contributed by atoms with Crippen molar-refractivity contribution in [2.24, 2.45) is 7.05 Å². The van der Waals surface area contributed by atoms with Gasteiger partial charge in [-0.05, 0) is 36.6 Å². The third kappa shape index (κ3) is 3.41. The molecule has 8 nitrogen and oxygen atoms in total. The SMILES string of the molecule is Cn1cnnc1C1(c2cccc(-n3cc(C(F)(F)F)c4cc(C5OCCO5)[nH]c4c3=O)c2)CCC1. The summed E-state index contributed by atoms with van der Waals surface area (Å²) >= 11 is 0. The van der Waals surface area contributed by atoms with E-state index in [0.717, 1.165) is 41.4 Å². The third-order valence-electron chi connectivity index (χ3n) is 7.02. The van der Waals surface area contributed by atoms with Crippen LogP contribution in [0.3, 0.4) is 0 Å². The molecular formula is C24H22F3N5O3. The quantitative estimate of drug-likeness (QED) is 0.473. The molecule has 1 N–H and O–H groups in total. The summed E-state index contributed by atoms with van der Waals surface area (Å²) in [5.41, 5.74) is -0.525. The average molecular weight is 485 g/mol. The Bertz CT molecular complexity index is 1480. The molecule has 0 bridgehead atoms. The van der Waals surface area contributed by atoms with Gasteiger partial charge in [-0.1, -0.05) is 18.6 Å². The minimum absolute atomic E-state index is 0.147. The minimum atomic E-state index is -4.67. The number of rotatable bonds is 4. The van der Waals surface area contributed by atoms with Crippen molar-refractivity contribution in [1.29, 1.82) is 0 Å². The van der Waals surface area contributed by atoms with E-state index >= 15 is 0 Å². The van der Waals surface area contributed by atoms with Crippen molar-refractivity contribution in [2.45, 2.75) is 37.1 Å². The number of pyridine rings is 1. The number of H-pyrrole nitrogens is 1. The van der Waals surface area contributed by atoms with E-state index < -0.39 is 29.0 Å². The van der Waals surface area contributed by atoms with E-state index in [1.165, 1.54) is 6.07 Å². The second-order valence-electron chi connectivity index (χ2n) is 9.05. The lowest BCUT2D eigenvalue weighted by Crippen LogP contribution is -2.38. The first-order valence-corrected chi connectivity index (χ1v) is 11.3. The summed E-state index contributed by atoms with van der Waals surface area (Å²) in [7, 11) is 1.87.